The Labute approximate surface area is 294 Å². The first-order valence-electron chi connectivity index (χ1n) is 13.8. The van der Waals surface area contributed by atoms with Gasteiger partial charge < -0.3 is 25.3 Å². The smallest absolute Gasteiger partial charge is 0.543 e. The van der Waals surface area contributed by atoms with Crippen LogP contribution < -0.4 is 45.3 Å². The van der Waals surface area contributed by atoms with Gasteiger partial charge in [0, 0.05) is 30.4 Å². The van der Waals surface area contributed by atoms with Crippen LogP contribution in [-0.4, -0.2) is 93.3 Å². The number of thioether (sulfide) groups is 1. The molecule has 15 nitrogen and oxygen atoms in total. The molecule has 2 N–H and O–H groups in total. The van der Waals surface area contributed by atoms with Gasteiger partial charge in [-0.3, -0.25) is 29.0 Å². The molecule has 3 aliphatic rings. The number of hydrogen-bond acceptors (Lipinski definition) is 11. The quantitative estimate of drug-likeness (QED) is 0.163. The number of carbonyl (C=O) groups excluding carboxylic acids is 7. The van der Waals surface area contributed by atoms with Crippen molar-refractivity contribution in [1.82, 2.24) is 25.3 Å². The number of urea groups is 2. The van der Waals surface area contributed by atoms with E-state index in [1.807, 2.05) is 6.07 Å². The molecule has 236 valence electrons. The predicted octanol–water partition coefficient (Wildman–Crippen LogP) is -3.14. The van der Waals surface area contributed by atoms with Gasteiger partial charge in [0.25, 0.3) is 11.8 Å². The third-order valence-corrected chi connectivity index (χ3v) is 8.75. The van der Waals surface area contributed by atoms with Crippen molar-refractivity contribution in [2.24, 2.45) is 0 Å². The standard InChI is InChI=1S/C30H26N6O9S.Na/c1-16(37)45-14-20-15-46-27-22(26(40)36(27)23(20)28(41)42)32-24(38)21(18-5-3-2-4-6-18)33-29(43)35-12-11-34(30(35)44)25(39)19-9-7-17(13-31)8-10-19;/h2-10,21-22,27H,11-12,14-15H2,1H3,(H,32,38)(H,33,43)(H,41,42);/q;+1/p-1/t21?,22?,27-;/m0./s1. The topological polar surface area (TPSA) is 209 Å². The number of carboxylic acids is 1. The molecule has 0 bridgehead atoms. The summed E-state index contributed by atoms with van der Waals surface area (Å²) in [6.45, 7) is 0.560. The molecular formula is C30H25N6NaO9S. The molecule has 2 aromatic carbocycles. The summed E-state index contributed by atoms with van der Waals surface area (Å²) in [5.41, 5.74) is 0.538. The van der Waals surface area contributed by atoms with Gasteiger partial charge in [-0.05, 0) is 29.8 Å². The van der Waals surface area contributed by atoms with E-state index < -0.39 is 64.9 Å². The number of carboxylic acid groups (broad SMARTS) is 1. The van der Waals surface area contributed by atoms with Crippen LogP contribution in [-0.2, 0) is 23.9 Å². The number of nitrogens with zero attached hydrogens (tertiary/aromatic N) is 4. The Bertz CT molecular complexity index is 1710. The largest absolute Gasteiger partial charge is 1.00 e. The SMILES string of the molecule is CC(=O)OCC1=C(C(=O)[O-])N2C(=O)C(NC(=O)C(NC(=O)N3CCN(C(=O)c4ccc(C#N)cc4)C3=O)c3ccccc3)[C@@H]2SC1.[Na+]. The first-order valence-corrected chi connectivity index (χ1v) is 14.9. The van der Waals surface area contributed by atoms with Crippen LogP contribution in [0.2, 0.25) is 0 Å². The summed E-state index contributed by atoms with van der Waals surface area (Å²) in [4.78, 5) is 91.7. The van der Waals surface area contributed by atoms with Crippen LogP contribution in [0, 0.1) is 11.3 Å². The summed E-state index contributed by atoms with van der Waals surface area (Å²) in [6, 6.07) is 11.2. The summed E-state index contributed by atoms with van der Waals surface area (Å²) in [7, 11) is 0. The van der Waals surface area contributed by atoms with Crippen LogP contribution in [0.25, 0.3) is 0 Å². The van der Waals surface area contributed by atoms with Gasteiger partial charge in [0.1, 0.15) is 24.1 Å². The number of rotatable bonds is 8. The molecule has 0 aromatic heterocycles. The minimum Gasteiger partial charge on any atom is -0.543 e. The molecule has 3 atom stereocenters. The molecule has 2 fully saturated rings. The van der Waals surface area contributed by atoms with E-state index in [4.69, 9.17) is 10.00 Å². The van der Waals surface area contributed by atoms with Gasteiger partial charge >= 0.3 is 47.6 Å². The number of ether oxygens (including phenoxy) is 1. The maximum absolute atomic E-state index is 13.6. The fourth-order valence-electron chi connectivity index (χ4n) is 5.11. The molecule has 2 unspecified atom stereocenters. The Kier molecular flexibility index (Phi) is 11.1. The van der Waals surface area contributed by atoms with Gasteiger partial charge in [-0.15, -0.1) is 11.8 Å². The van der Waals surface area contributed by atoms with Crippen LogP contribution in [0.1, 0.15) is 34.5 Å². The van der Waals surface area contributed by atoms with Crippen molar-refractivity contribution >= 4 is 53.5 Å². The summed E-state index contributed by atoms with van der Waals surface area (Å²) < 4.78 is 4.90. The normalized spacial score (nSPS) is 19.0. The minimum atomic E-state index is -1.64. The molecule has 2 aromatic rings. The number of β-lactam (4-membered cyclic amide) rings is 1. The maximum Gasteiger partial charge on any atom is 1.00 e. The monoisotopic (exact) mass is 668 g/mol. The number of esters is 1. The van der Waals surface area contributed by atoms with E-state index in [1.165, 1.54) is 24.3 Å². The molecule has 7 amide bonds. The van der Waals surface area contributed by atoms with Crippen LogP contribution in [0.4, 0.5) is 9.59 Å². The summed E-state index contributed by atoms with van der Waals surface area (Å²) in [6.07, 6.45) is 0. The van der Waals surface area contributed by atoms with Crippen molar-refractivity contribution in [3.63, 3.8) is 0 Å². The number of hydrogen-bond donors (Lipinski definition) is 2. The van der Waals surface area contributed by atoms with E-state index in [-0.39, 0.29) is 66.1 Å². The number of nitrogens with one attached hydrogen (secondary N) is 2. The van der Waals surface area contributed by atoms with E-state index in [2.05, 4.69) is 10.6 Å². The summed E-state index contributed by atoms with van der Waals surface area (Å²) in [5, 5.41) is 25.1. The van der Waals surface area contributed by atoms with Crippen LogP contribution in [0.5, 0.6) is 0 Å². The number of carbonyl (C=O) groups is 7. The van der Waals surface area contributed by atoms with Crippen molar-refractivity contribution in [2.45, 2.75) is 24.4 Å². The Balaban J connectivity index is 0.00000500. The van der Waals surface area contributed by atoms with Gasteiger partial charge in [-0.2, -0.15) is 5.26 Å². The molecule has 47 heavy (non-hydrogen) atoms. The van der Waals surface area contributed by atoms with E-state index >= 15 is 0 Å². The third-order valence-electron chi connectivity index (χ3n) is 7.41. The Morgan fingerprint density at radius 1 is 1.04 bits per heavy atom. The zero-order valence-corrected chi connectivity index (χ0v) is 27.9. The van der Waals surface area contributed by atoms with Gasteiger partial charge in [0.05, 0.1) is 29.8 Å². The third kappa shape index (κ3) is 7.18. The van der Waals surface area contributed by atoms with Crippen molar-refractivity contribution in [2.75, 3.05) is 25.4 Å². The Hall–Kier alpha value is -4.69. The molecule has 0 spiro atoms. The second-order valence-electron chi connectivity index (χ2n) is 10.3. The fraction of sp³-hybridized carbons (Fsp3) is 0.267. The second-order valence-corrected chi connectivity index (χ2v) is 11.4. The number of fused-ring (bicyclic) bond motifs is 1. The molecule has 0 saturated carbocycles. The van der Waals surface area contributed by atoms with Gasteiger partial charge in [-0.25, -0.2) is 14.5 Å². The molecule has 3 aliphatic heterocycles. The Morgan fingerprint density at radius 3 is 2.32 bits per heavy atom. The van der Waals surface area contributed by atoms with E-state index in [0.717, 1.165) is 33.4 Å². The average Bonchev–Trinajstić information content (AvgIpc) is 3.45. The fourth-order valence-corrected chi connectivity index (χ4v) is 6.44. The van der Waals surface area contributed by atoms with E-state index in [9.17, 15) is 38.7 Å². The number of benzene rings is 2. The molecular weight excluding hydrogens is 643 g/mol. The van der Waals surface area contributed by atoms with Crippen LogP contribution in [0.15, 0.2) is 65.9 Å². The zero-order chi connectivity index (χ0) is 33.1. The van der Waals surface area contributed by atoms with Gasteiger partial charge in [0.2, 0.25) is 5.91 Å². The first kappa shape index (κ1) is 35.2. The molecule has 0 radical (unpaired) electrons. The summed E-state index contributed by atoms with van der Waals surface area (Å²) >= 11 is 1.15. The number of nitriles is 1. The molecule has 3 heterocycles. The molecule has 5 rings (SSSR count). The van der Waals surface area contributed by atoms with Gasteiger partial charge in [0.15, 0.2) is 0 Å². The molecule has 2 saturated heterocycles. The average molecular weight is 669 g/mol. The van der Waals surface area contributed by atoms with E-state index in [1.54, 1.807) is 30.3 Å². The maximum atomic E-state index is 13.6. The van der Waals surface area contributed by atoms with Crippen molar-refractivity contribution < 1.29 is 73.0 Å². The number of aliphatic carboxylic acids is 1. The van der Waals surface area contributed by atoms with E-state index in [0.29, 0.717) is 11.1 Å². The molecule has 17 heteroatoms. The van der Waals surface area contributed by atoms with Crippen LogP contribution in [0.3, 0.4) is 0 Å². The minimum absolute atomic E-state index is 0. The van der Waals surface area contributed by atoms with Crippen LogP contribution >= 0.6 is 11.8 Å². The van der Waals surface area contributed by atoms with Crippen molar-refractivity contribution in [1.29, 1.82) is 5.26 Å². The second kappa shape index (κ2) is 14.8. The van der Waals surface area contributed by atoms with Crippen molar-refractivity contribution in [3.8, 4) is 6.07 Å². The van der Waals surface area contributed by atoms with Crippen molar-refractivity contribution in [3.05, 3.63) is 82.6 Å². The summed E-state index contributed by atoms with van der Waals surface area (Å²) in [5.74, 6) is -4.39. The number of imide groups is 2. The zero-order valence-electron chi connectivity index (χ0n) is 25.1. The first-order chi connectivity index (χ1) is 22.0. The molecule has 0 aliphatic carbocycles. The Morgan fingerprint density at radius 2 is 1.70 bits per heavy atom. The number of amides is 7. The predicted molar refractivity (Wildman–Crippen MR) is 156 cm³/mol. The van der Waals surface area contributed by atoms with Gasteiger partial charge in [-0.1, -0.05) is 30.3 Å².